The number of benzene rings is 2. The van der Waals surface area contributed by atoms with Gasteiger partial charge in [0.25, 0.3) is 0 Å². The zero-order chi connectivity index (χ0) is 23.1. The first-order valence-electron chi connectivity index (χ1n) is 11.0. The van der Waals surface area contributed by atoms with Crippen LogP contribution < -0.4 is 9.92 Å². The Morgan fingerprint density at radius 3 is 2.41 bits per heavy atom. The second-order valence-electron chi connectivity index (χ2n) is 8.83. The highest BCUT2D eigenvalue weighted by atomic mass is 28.3. The fourth-order valence-electron chi connectivity index (χ4n) is 4.64. The summed E-state index contributed by atoms with van der Waals surface area (Å²) in [5.74, 6) is 3.32. The zero-order valence-electron chi connectivity index (χ0n) is 19.4. The smallest absolute Gasteiger partial charge is 0.164 e. The van der Waals surface area contributed by atoms with Crippen molar-refractivity contribution in [2.45, 2.75) is 50.2 Å². The van der Waals surface area contributed by atoms with Crippen LogP contribution in [0, 0.1) is 18.3 Å². The summed E-state index contributed by atoms with van der Waals surface area (Å²) in [6.07, 6.45) is 4.79. The Bertz CT molecular complexity index is 877. The third-order valence-electron chi connectivity index (χ3n) is 6.57. The molecule has 0 aliphatic carbocycles. The van der Waals surface area contributed by atoms with Gasteiger partial charge >= 0.3 is 0 Å². The van der Waals surface area contributed by atoms with E-state index in [0.717, 1.165) is 11.3 Å². The molecule has 5 nitrogen and oxygen atoms in total. The fraction of sp³-hybridized carbons (Fsp3) is 0.462. The molecule has 1 aliphatic rings. The van der Waals surface area contributed by atoms with Crippen LogP contribution in [0.3, 0.4) is 0 Å². The lowest BCUT2D eigenvalue weighted by Gasteiger charge is -2.47. The molecule has 1 fully saturated rings. The van der Waals surface area contributed by atoms with Crippen molar-refractivity contribution in [1.82, 2.24) is 0 Å². The molecule has 3 rings (SSSR count). The number of ether oxygens (including phenoxy) is 4. The van der Waals surface area contributed by atoms with Gasteiger partial charge in [-0.25, -0.2) is 0 Å². The summed E-state index contributed by atoms with van der Waals surface area (Å²) < 4.78 is 22.8. The summed E-state index contributed by atoms with van der Waals surface area (Å²) in [4.78, 5) is 0. The topological polar surface area (TPSA) is 57.2 Å². The highest BCUT2D eigenvalue weighted by Crippen LogP contribution is 2.44. The Morgan fingerprint density at radius 1 is 1.12 bits per heavy atom. The third-order valence-corrected chi connectivity index (χ3v) is 10.9. The lowest BCUT2D eigenvalue weighted by Crippen LogP contribution is -2.57. The molecule has 0 spiro atoms. The summed E-state index contributed by atoms with van der Waals surface area (Å²) >= 11 is 0. The number of methoxy groups -OCH3 is 2. The van der Waals surface area contributed by atoms with Gasteiger partial charge in [0.15, 0.2) is 6.29 Å². The molecule has 1 aliphatic heterocycles. The van der Waals surface area contributed by atoms with E-state index in [1.165, 1.54) is 5.19 Å². The van der Waals surface area contributed by atoms with E-state index >= 15 is 0 Å². The summed E-state index contributed by atoms with van der Waals surface area (Å²) in [5, 5.41) is 12.6. The van der Waals surface area contributed by atoms with Crippen LogP contribution in [-0.4, -0.2) is 52.5 Å². The Labute approximate surface area is 192 Å². The largest absolute Gasteiger partial charge is 0.497 e. The number of aliphatic hydroxyl groups excluding tert-OH is 1. The van der Waals surface area contributed by atoms with Gasteiger partial charge in [-0.05, 0) is 29.7 Å². The van der Waals surface area contributed by atoms with Gasteiger partial charge in [0.05, 0.1) is 34.5 Å². The molecule has 1 heterocycles. The van der Waals surface area contributed by atoms with Gasteiger partial charge in [-0.2, -0.15) is 0 Å². The van der Waals surface area contributed by atoms with Crippen molar-refractivity contribution < 1.29 is 24.1 Å². The molecule has 172 valence electrons. The van der Waals surface area contributed by atoms with Crippen LogP contribution in [-0.2, 0) is 20.8 Å². The van der Waals surface area contributed by atoms with E-state index in [1.807, 2.05) is 30.3 Å². The first-order valence-corrected chi connectivity index (χ1v) is 14.1. The normalized spacial score (nSPS) is 24.5. The van der Waals surface area contributed by atoms with Gasteiger partial charge in [-0.3, -0.25) is 0 Å². The average Bonchev–Trinajstić information content (AvgIpc) is 2.83. The monoisotopic (exact) mass is 454 g/mol. The minimum atomic E-state index is -2.02. The van der Waals surface area contributed by atoms with E-state index in [2.05, 4.69) is 43.3 Å². The molecule has 0 bridgehead atoms. The number of rotatable bonds is 9. The molecular weight excluding hydrogens is 420 g/mol. The molecule has 0 aromatic heterocycles. The summed E-state index contributed by atoms with van der Waals surface area (Å²) in [5.41, 5.74) is 1.19. The van der Waals surface area contributed by atoms with Crippen LogP contribution in [0.4, 0.5) is 0 Å². The van der Waals surface area contributed by atoms with Crippen molar-refractivity contribution in [3.05, 3.63) is 60.2 Å². The van der Waals surface area contributed by atoms with Crippen LogP contribution in [0.25, 0.3) is 0 Å². The molecule has 2 aromatic carbocycles. The predicted octanol–water partition coefficient (Wildman–Crippen LogP) is 3.57. The number of hydrogen-bond acceptors (Lipinski definition) is 5. The number of hydrogen-bond donors (Lipinski definition) is 1. The molecular formula is C26H34O5Si. The van der Waals surface area contributed by atoms with Crippen LogP contribution in [0.1, 0.15) is 12.0 Å². The highest BCUT2D eigenvalue weighted by molar-refractivity contribution is 6.91. The molecule has 0 amide bonds. The van der Waals surface area contributed by atoms with Crippen LogP contribution in [0.2, 0.25) is 18.6 Å². The molecule has 2 aromatic rings. The molecule has 0 radical (unpaired) electrons. The predicted molar refractivity (Wildman–Crippen MR) is 129 cm³/mol. The molecule has 1 N–H and O–H groups in total. The van der Waals surface area contributed by atoms with E-state index in [1.54, 1.807) is 14.2 Å². The highest BCUT2D eigenvalue weighted by Gasteiger charge is 2.50. The van der Waals surface area contributed by atoms with Crippen molar-refractivity contribution in [3.63, 3.8) is 0 Å². The van der Waals surface area contributed by atoms with Gasteiger partial charge in [0.1, 0.15) is 11.9 Å². The minimum absolute atomic E-state index is 0.171. The van der Waals surface area contributed by atoms with E-state index in [0.29, 0.717) is 13.0 Å². The molecule has 1 saturated heterocycles. The molecule has 5 atom stereocenters. The van der Waals surface area contributed by atoms with E-state index in [9.17, 15) is 5.11 Å². The second-order valence-corrected chi connectivity index (χ2v) is 13.6. The summed E-state index contributed by atoms with van der Waals surface area (Å²) in [6.45, 7) is 5.26. The maximum absolute atomic E-state index is 11.2. The molecule has 0 saturated carbocycles. The van der Waals surface area contributed by atoms with Gasteiger partial charge in [0, 0.05) is 13.0 Å². The quantitative estimate of drug-likeness (QED) is 0.464. The molecule has 0 unspecified atom stereocenters. The van der Waals surface area contributed by atoms with Crippen molar-refractivity contribution in [2.75, 3.05) is 20.8 Å². The van der Waals surface area contributed by atoms with Gasteiger partial charge < -0.3 is 24.1 Å². The van der Waals surface area contributed by atoms with Crippen molar-refractivity contribution in [1.29, 1.82) is 0 Å². The standard InChI is InChI=1S/C26H34O5Si/c1-6-20-16-24(32(4,5)22-10-8-7-9-11-22)25(26(29-3)31-20)23(27)18-30-17-19-12-14-21(28-2)15-13-19/h1,7-15,20,23-27H,16-18H2,2-5H3/t20-,23-,24-,25+,26+/m1/s1. The van der Waals surface area contributed by atoms with Crippen molar-refractivity contribution in [2.24, 2.45) is 5.92 Å². The van der Waals surface area contributed by atoms with Crippen molar-refractivity contribution in [3.8, 4) is 18.1 Å². The lowest BCUT2D eigenvalue weighted by molar-refractivity contribution is -0.219. The van der Waals surface area contributed by atoms with Gasteiger partial charge in [0.2, 0.25) is 0 Å². The lowest BCUT2D eigenvalue weighted by atomic mass is 9.91. The van der Waals surface area contributed by atoms with Crippen LogP contribution in [0.5, 0.6) is 5.75 Å². The number of terminal acetylenes is 1. The first-order chi connectivity index (χ1) is 15.4. The molecule has 32 heavy (non-hydrogen) atoms. The summed E-state index contributed by atoms with van der Waals surface area (Å²) in [6, 6.07) is 18.2. The van der Waals surface area contributed by atoms with E-state index < -0.39 is 20.5 Å². The van der Waals surface area contributed by atoms with E-state index in [4.69, 9.17) is 25.4 Å². The molecule has 6 heteroatoms. The first kappa shape index (κ1) is 24.5. The van der Waals surface area contributed by atoms with Crippen LogP contribution in [0.15, 0.2) is 54.6 Å². The minimum Gasteiger partial charge on any atom is -0.497 e. The van der Waals surface area contributed by atoms with Gasteiger partial charge in [-0.1, -0.05) is 66.7 Å². The van der Waals surface area contributed by atoms with Crippen molar-refractivity contribution >= 4 is 13.3 Å². The maximum Gasteiger partial charge on any atom is 0.164 e. The SMILES string of the molecule is C#C[C@@H]1C[C@@H]([Si](C)(C)c2ccccc2)[C@H]([C@H](O)COCc2ccc(OC)cc2)[C@@H](OC)O1. The summed E-state index contributed by atoms with van der Waals surface area (Å²) in [7, 11) is 1.23. The Morgan fingerprint density at radius 2 is 1.81 bits per heavy atom. The Kier molecular flexibility index (Phi) is 8.52. The van der Waals surface area contributed by atoms with E-state index in [-0.39, 0.29) is 24.2 Å². The third kappa shape index (κ3) is 5.61. The maximum atomic E-state index is 11.2. The fourth-order valence-corrected chi connectivity index (χ4v) is 8.27. The van der Waals surface area contributed by atoms with Gasteiger partial charge in [-0.15, -0.1) is 6.42 Å². The number of aliphatic hydroxyl groups is 1. The second kappa shape index (κ2) is 11.1. The van der Waals surface area contributed by atoms with Crippen LogP contribution >= 0.6 is 0 Å². The average molecular weight is 455 g/mol. The Balaban J connectivity index is 1.76. The zero-order valence-corrected chi connectivity index (χ0v) is 20.4. The Hall–Kier alpha value is -2.14.